The van der Waals surface area contributed by atoms with Crippen LogP contribution in [0.25, 0.3) is 0 Å². The zero-order valence-electron chi connectivity index (χ0n) is 8.99. The summed E-state index contributed by atoms with van der Waals surface area (Å²) in [6.07, 6.45) is 0.961. The molecule has 1 aromatic heterocycles. The van der Waals surface area contributed by atoms with Gasteiger partial charge in [0.1, 0.15) is 5.75 Å². The van der Waals surface area contributed by atoms with E-state index < -0.39 is 0 Å². The first-order valence-corrected chi connectivity index (χ1v) is 5.78. The van der Waals surface area contributed by atoms with Crippen molar-refractivity contribution in [3.63, 3.8) is 0 Å². The van der Waals surface area contributed by atoms with Crippen LogP contribution in [-0.4, -0.2) is 7.11 Å². The third-order valence-electron chi connectivity index (χ3n) is 2.35. The minimum atomic E-state index is 0.961. The lowest BCUT2D eigenvalue weighted by molar-refractivity contribution is 0.410. The zero-order valence-corrected chi connectivity index (χ0v) is 9.80. The van der Waals surface area contributed by atoms with E-state index >= 15 is 0 Å². The second kappa shape index (κ2) is 4.49. The number of aryl methyl sites for hydroxylation is 1. The van der Waals surface area contributed by atoms with Crippen molar-refractivity contribution in [1.29, 1.82) is 0 Å². The molecular weight excluding hydrogens is 204 g/mol. The van der Waals surface area contributed by atoms with Gasteiger partial charge in [-0.3, -0.25) is 0 Å². The molecule has 0 aliphatic carbocycles. The number of ether oxygens (including phenoxy) is 1. The maximum Gasteiger partial charge on any atom is 0.122 e. The van der Waals surface area contributed by atoms with Crippen molar-refractivity contribution in [1.82, 2.24) is 0 Å². The number of para-hydroxylation sites is 1. The summed E-state index contributed by atoms with van der Waals surface area (Å²) < 4.78 is 5.33. The van der Waals surface area contributed by atoms with Gasteiger partial charge < -0.3 is 4.74 Å². The Labute approximate surface area is 94.3 Å². The van der Waals surface area contributed by atoms with Gasteiger partial charge in [-0.1, -0.05) is 18.2 Å². The first-order chi connectivity index (χ1) is 7.29. The van der Waals surface area contributed by atoms with Gasteiger partial charge in [0.2, 0.25) is 0 Å². The van der Waals surface area contributed by atoms with E-state index in [1.165, 1.54) is 15.3 Å². The molecule has 0 atom stereocenters. The summed E-state index contributed by atoms with van der Waals surface area (Å²) in [5, 5.41) is 0. The third-order valence-corrected chi connectivity index (χ3v) is 3.35. The molecule has 0 radical (unpaired) electrons. The Morgan fingerprint density at radius 3 is 2.60 bits per heavy atom. The van der Waals surface area contributed by atoms with Gasteiger partial charge in [0.25, 0.3) is 0 Å². The predicted octanol–water partition coefficient (Wildman–Crippen LogP) is 3.66. The molecular formula is C13H14OS. The fourth-order valence-corrected chi connectivity index (χ4v) is 2.53. The maximum absolute atomic E-state index is 5.33. The first-order valence-electron chi connectivity index (χ1n) is 4.97. The number of benzene rings is 1. The molecule has 0 saturated carbocycles. The van der Waals surface area contributed by atoms with E-state index in [-0.39, 0.29) is 0 Å². The number of methoxy groups -OCH3 is 1. The first kappa shape index (κ1) is 10.2. The van der Waals surface area contributed by atoms with Crippen molar-refractivity contribution in [3.8, 4) is 5.75 Å². The molecule has 2 rings (SSSR count). The molecule has 78 valence electrons. The second-order valence-corrected chi connectivity index (χ2v) is 4.87. The molecule has 0 aliphatic heterocycles. The highest BCUT2D eigenvalue weighted by Gasteiger charge is 2.04. The van der Waals surface area contributed by atoms with Crippen LogP contribution < -0.4 is 4.74 Å². The van der Waals surface area contributed by atoms with Gasteiger partial charge in [0, 0.05) is 16.2 Å². The van der Waals surface area contributed by atoms with Gasteiger partial charge in [-0.25, -0.2) is 0 Å². The summed E-state index contributed by atoms with van der Waals surface area (Å²) in [6, 6.07) is 12.5. The monoisotopic (exact) mass is 218 g/mol. The standard InChI is InChI=1S/C13H14OS/c1-10-7-8-12(15-10)9-11-5-3-4-6-13(11)14-2/h3-8H,9H2,1-2H3. The molecule has 2 aromatic rings. The molecule has 2 heteroatoms. The molecule has 0 N–H and O–H groups in total. The molecule has 1 nitrogen and oxygen atoms in total. The quantitative estimate of drug-likeness (QED) is 0.764. The lowest BCUT2D eigenvalue weighted by atomic mass is 10.1. The summed E-state index contributed by atoms with van der Waals surface area (Å²) in [7, 11) is 1.72. The van der Waals surface area contributed by atoms with Gasteiger partial charge >= 0.3 is 0 Å². The van der Waals surface area contributed by atoms with E-state index in [2.05, 4.69) is 31.2 Å². The van der Waals surface area contributed by atoms with Crippen molar-refractivity contribution in [2.75, 3.05) is 7.11 Å². The number of hydrogen-bond acceptors (Lipinski definition) is 2. The topological polar surface area (TPSA) is 9.23 Å². The smallest absolute Gasteiger partial charge is 0.122 e. The Kier molecular flexibility index (Phi) is 3.07. The van der Waals surface area contributed by atoms with E-state index in [4.69, 9.17) is 4.74 Å². The van der Waals surface area contributed by atoms with E-state index in [0.29, 0.717) is 0 Å². The van der Waals surface area contributed by atoms with Crippen LogP contribution in [0.4, 0.5) is 0 Å². The number of rotatable bonds is 3. The number of thiophene rings is 1. The average molecular weight is 218 g/mol. The normalized spacial score (nSPS) is 10.3. The van der Waals surface area contributed by atoms with Crippen LogP contribution in [0.3, 0.4) is 0 Å². The second-order valence-electron chi connectivity index (χ2n) is 3.50. The summed E-state index contributed by atoms with van der Waals surface area (Å²) in [6.45, 7) is 2.14. The van der Waals surface area contributed by atoms with Crippen LogP contribution in [0.2, 0.25) is 0 Å². The molecule has 0 bridgehead atoms. The van der Waals surface area contributed by atoms with Crippen LogP contribution in [0, 0.1) is 6.92 Å². The number of hydrogen-bond donors (Lipinski definition) is 0. The van der Waals surface area contributed by atoms with Gasteiger partial charge in [0.15, 0.2) is 0 Å². The summed E-state index contributed by atoms with van der Waals surface area (Å²) in [5.41, 5.74) is 1.25. The van der Waals surface area contributed by atoms with Crippen LogP contribution in [0.1, 0.15) is 15.3 Å². The van der Waals surface area contributed by atoms with Gasteiger partial charge in [-0.2, -0.15) is 0 Å². The molecule has 0 unspecified atom stereocenters. The molecule has 0 spiro atoms. The summed E-state index contributed by atoms with van der Waals surface area (Å²) in [5.74, 6) is 0.976. The fourth-order valence-electron chi connectivity index (χ4n) is 1.62. The van der Waals surface area contributed by atoms with Crippen molar-refractivity contribution in [3.05, 3.63) is 51.7 Å². The predicted molar refractivity (Wildman–Crippen MR) is 64.9 cm³/mol. The van der Waals surface area contributed by atoms with E-state index in [1.807, 2.05) is 23.5 Å². The Balaban J connectivity index is 2.23. The largest absolute Gasteiger partial charge is 0.496 e. The molecule has 15 heavy (non-hydrogen) atoms. The maximum atomic E-state index is 5.33. The highest BCUT2D eigenvalue weighted by molar-refractivity contribution is 7.11. The van der Waals surface area contributed by atoms with Crippen molar-refractivity contribution >= 4 is 11.3 Å². The Morgan fingerprint density at radius 1 is 1.13 bits per heavy atom. The molecule has 0 aliphatic rings. The Hall–Kier alpha value is -1.28. The van der Waals surface area contributed by atoms with E-state index in [1.54, 1.807) is 7.11 Å². The van der Waals surface area contributed by atoms with Gasteiger partial charge in [0.05, 0.1) is 7.11 Å². The molecule has 1 aromatic carbocycles. The van der Waals surface area contributed by atoms with Crippen molar-refractivity contribution < 1.29 is 4.74 Å². The summed E-state index contributed by atoms with van der Waals surface area (Å²) in [4.78, 5) is 2.75. The average Bonchev–Trinajstić information content (AvgIpc) is 2.65. The minimum Gasteiger partial charge on any atom is -0.496 e. The highest BCUT2D eigenvalue weighted by Crippen LogP contribution is 2.24. The molecule has 1 heterocycles. The Morgan fingerprint density at radius 2 is 1.93 bits per heavy atom. The Bertz CT molecular complexity index is 445. The van der Waals surface area contributed by atoms with Crippen LogP contribution in [0.5, 0.6) is 5.75 Å². The highest BCUT2D eigenvalue weighted by atomic mass is 32.1. The van der Waals surface area contributed by atoms with Crippen LogP contribution in [-0.2, 0) is 6.42 Å². The molecule has 0 saturated heterocycles. The van der Waals surface area contributed by atoms with Crippen molar-refractivity contribution in [2.45, 2.75) is 13.3 Å². The minimum absolute atomic E-state index is 0.961. The van der Waals surface area contributed by atoms with Crippen molar-refractivity contribution in [2.24, 2.45) is 0 Å². The summed E-state index contributed by atoms with van der Waals surface area (Å²) >= 11 is 1.85. The van der Waals surface area contributed by atoms with Gasteiger partial charge in [-0.15, -0.1) is 11.3 Å². The lowest BCUT2D eigenvalue weighted by Gasteiger charge is -2.06. The SMILES string of the molecule is COc1ccccc1Cc1ccc(C)s1. The van der Waals surface area contributed by atoms with Crippen LogP contribution in [0.15, 0.2) is 36.4 Å². The lowest BCUT2D eigenvalue weighted by Crippen LogP contribution is -1.91. The fraction of sp³-hybridized carbons (Fsp3) is 0.231. The van der Waals surface area contributed by atoms with Crippen LogP contribution >= 0.6 is 11.3 Å². The third kappa shape index (κ3) is 2.39. The van der Waals surface area contributed by atoms with Gasteiger partial charge in [-0.05, 0) is 30.7 Å². The zero-order chi connectivity index (χ0) is 10.7. The molecule has 0 fully saturated rings. The molecule has 0 amide bonds. The van der Waals surface area contributed by atoms with E-state index in [0.717, 1.165) is 12.2 Å². The van der Waals surface area contributed by atoms with E-state index in [9.17, 15) is 0 Å².